The average Bonchev–Trinajstić information content (AvgIpc) is 2.78. The number of rotatable bonds is 2. The summed E-state index contributed by atoms with van der Waals surface area (Å²) in [7, 11) is 1.61. The highest BCUT2D eigenvalue weighted by molar-refractivity contribution is 5.69. The normalized spacial score (nSPS) is 17.4. The summed E-state index contributed by atoms with van der Waals surface area (Å²) >= 11 is 0. The lowest BCUT2D eigenvalue weighted by Gasteiger charge is -2.28. The van der Waals surface area contributed by atoms with Gasteiger partial charge in [0.1, 0.15) is 18.0 Å². The maximum atomic E-state index is 12.7. The van der Waals surface area contributed by atoms with E-state index < -0.39 is 18.1 Å². The fraction of sp³-hybridized carbons (Fsp3) is 0.533. The highest BCUT2D eigenvalue weighted by atomic mass is 19.3. The number of carbonyl (C=O) groups excluding carboxylic acids is 1. The van der Waals surface area contributed by atoms with Crippen molar-refractivity contribution in [3.05, 3.63) is 29.3 Å². The smallest absolute Gasteiger partial charge is 0.410 e. The fourth-order valence-electron chi connectivity index (χ4n) is 2.13. The van der Waals surface area contributed by atoms with Gasteiger partial charge in [0.2, 0.25) is 0 Å². The Balaban J connectivity index is 2.17. The summed E-state index contributed by atoms with van der Waals surface area (Å²) in [5, 5.41) is 0. The van der Waals surface area contributed by atoms with Crippen LogP contribution in [0.25, 0.3) is 0 Å². The molecule has 2 rings (SSSR count). The molecule has 116 valence electrons. The van der Waals surface area contributed by atoms with Gasteiger partial charge in [-0.15, -0.1) is 0 Å². The Morgan fingerprint density at radius 2 is 2.10 bits per heavy atom. The molecule has 0 radical (unpaired) electrons. The zero-order valence-electron chi connectivity index (χ0n) is 12.5. The number of ether oxygens (including phenoxy) is 2. The molecule has 0 bridgehead atoms. The van der Waals surface area contributed by atoms with E-state index in [1.165, 1.54) is 17.0 Å². The number of amides is 1. The molecule has 0 N–H and O–H groups in total. The first-order valence-electron chi connectivity index (χ1n) is 6.69. The van der Waals surface area contributed by atoms with E-state index in [0.717, 1.165) is 0 Å². The van der Waals surface area contributed by atoms with Gasteiger partial charge >= 0.3 is 6.09 Å². The molecule has 1 heterocycles. The van der Waals surface area contributed by atoms with Crippen LogP contribution in [0, 0.1) is 0 Å². The summed E-state index contributed by atoms with van der Waals surface area (Å²) in [6, 6.07) is 3.92. The molecule has 1 amide bonds. The Morgan fingerprint density at radius 1 is 1.43 bits per heavy atom. The molecule has 1 aliphatic rings. The second-order valence-electron chi connectivity index (χ2n) is 6.02. The molecule has 1 atom stereocenters. The lowest BCUT2D eigenvalue weighted by Crippen LogP contribution is -2.37. The Kier molecular flexibility index (Phi) is 4.07. The van der Waals surface area contributed by atoms with Crippen molar-refractivity contribution in [3.8, 4) is 5.75 Å². The van der Waals surface area contributed by atoms with Gasteiger partial charge in [-0.05, 0) is 26.8 Å². The third-order valence-corrected chi connectivity index (χ3v) is 3.19. The first kappa shape index (κ1) is 15.5. The first-order valence-corrected chi connectivity index (χ1v) is 6.69. The molecule has 0 spiro atoms. The molecule has 0 aliphatic carbocycles. The van der Waals surface area contributed by atoms with Crippen LogP contribution in [0.5, 0.6) is 5.75 Å². The van der Waals surface area contributed by atoms with Crippen molar-refractivity contribution in [2.75, 3.05) is 13.7 Å². The van der Waals surface area contributed by atoms with E-state index in [9.17, 15) is 13.6 Å². The summed E-state index contributed by atoms with van der Waals surface area (Å²) in [5.41, 5.74) is 0.0368. The third kappa shape index (κ3) is 3.43. The van der Waals surface area contributed by atoms with E-state index >= 15 is 0 Å². The third-order valence-electron chi connectivity index (χ3n) is 3.19. The van der Waals surface area contributed by atoms with Crippen LogP contribution in [-0.2, 0) is 4.74 Å². The topological polar surface area (TPSA) is 38.8 Å². The standard InChI is InChI=1S/C15H19F2NO3/c1-15(2,3)21-14(19)18(4)11-8-20-12-7-9(13(16)17)5-6-10(11)12/h5-7,11,13H,8H2,1-4H3/t11-/m1/s1. The van der Waals surface area contributed by atoms with Crippen molar-refractivity contribution in [2.45, 2.75) is 38.8 Å². The second kappa shape index (κ2) is 5.50. The van der Waals surface area contributed by atoms with Crippen molar-refractivity contribution in [1.29, 1.82) is 0 Å². The first-order chi connectivity index (χ1) is 9.69. The molecule has 0 saturated heterocycles. The summed E-state index contributed by atoms with van der Waals surface area (Å²) in [6.07, 6.45) is -3.01. The minimum absolute atomic E-state index is 0.0886. The van der Waals surface area contributed by atoms with Crippen molar-refractivity contribution < 1.29 is 23.0 Å². The highest BCUT2D eigenvalue weighted by Gasteiger charge is 2.33. The maximum absolute atomic E-state index is 12.7. The molecule has 0 aromatic heterocycles. The van der Waals surface area contributed by atoms with E-state index in [0.29, 0.717) is 11.3 Å². The van der Waals surface area contributed by atoms with Gasteiger partial charge in [0.05, 0.1) is 6.04 Å². The molecule has 0 saturated carbocycles. The van der Waals surface area contributed by atoms with Gasteiger partial charge in [0.25, 0.3) is 6.43 Å². The zero-order valence-corrected chi connectivity index (χ0v) is 12.5. The molecule has 0 fully saturated rings. The van der Waals surface area contributed by atoms with Crippen LogP contribution in [0.2, 0.25) is 0 Å². The molecule has 6 heteroatoms. The number of hydrogen-bond donors (Lipinski definition) is 0. The number of benzene rings is 1. The van der Waals surface area contributed by atoms with Crippen LogP contribution >= 0.6 is 0 Å². The molecule has 1 aromatic carbocycles. The Morgan fingerprint density at radius 3 is 2.67 bits per heavy atom. The quantitative estimate of drug-likeness (QED) is 0.830. The monoisotopic (exact) mass is 299 g/mol. The largest absolute Gasteiger partial charge is 0.491 e. The Bertz CT molecular complexity index is 540. The molecule has 0 unspecified atom stereocenters. The minimum atomic E-state index is -2.54. The summed E-state index contributed by atoms with van der Waals surface area (Å²) in [6.45, 7) is 5.59. The fourth-order valence-corrected chi connectivity index (χ4v) is 2.13. The van der Waals surface area contributed by atoms with Crippen LogP contribution in [-0.4, -0.2) is 30.2 Å². The van der Waals surface area contributed by atoms with Crippen LogP contribution in [0.3, 0.4) is 0 Å². The van der Waals surface area contributed by atoms with Gasteiger partial charge in [-0.1, -0.05) is 12.1 Å². The lowest BCUT2D eigenvalue weighted by molar-refractivity contribution is 0.0201. The number of nitrogens with zero attached hydrogens (tertiary/aromatic N) is 1. The molecular weight excluding hydrogens is 280 g/mol. The summed E-state index contributed by atoms with van der Waals surface area (Å²) in [5.74, 6) is 0.396. The molecule has 21 heavy (non-hydrogen) atoms. The summed E-state index contributed by atoms with van der Waals surface area (Å²) < 4.78 is 36.1. The van der Waals surface area contributed by atoms with E-state index in [4.69, 9.17) is 9.47 Å². The van der Waals surface area contributed by atoms with Crippen molar-refractivity contribution in [2.24, 2.45) is 0 Å². The van der Waals surface area contributed by atoms with Crippen LogP contribution < -0.4 is 4.74 Å². The molecule has 1 aromatic rings. The van der Waals surface area contributed by atoms with E-state index in [1.54, 1.807) is 33.9 Å². The number of halogens is 2. The van der Waals surface area contributed by atoms with E-state index in [1.807, 2.05) is 0 Å². The van der Waals surface area contributed by atoms with Gasteiger partial charge in [0.15, 0.2) is 0 Å². The predicted octanol–water partition coefficient (Wildman–Crippen LogP) is 3.92. The number of carbonyl (C=O) groups is 1. The Hall–Kier alpha value is -1.85. The second-order valence-corrected chi connectivity index (χ2v) is 6.02. The summed E-state index contributed by atoms with van der Waals surface area (Å²) in [4.78, 5) is 13.5. The average molecular weight is 299 g/mol. The predicted molar refractivity (Wildman–Crippen MR) is 73.6 cm³/mol. The number of fused-ring (bicyclic) bond motifs is 1. The van der Waals surface area contributed by atoms with Gasteiger partial charge < -0.3 is 14.4 Å². The van der Waals surface area contributed by atoms with Gasteiger partial charge in [-0.3, -0.25) is 0 Å². The van der Waals surface area contributed by atoms with E-state index in [-0.39, 0.29) is 18.2 Å². The van der Waals surface area contributed by atoms with Gasteiger partial charge in [0, 0.05) is 18.2 Å². The number of likely N-dealkylation sites (N-methyl/N-ethyl adjacent to an activating group) is 1. The van der Waals surface area contributed by atoms with Crippen molar-refractivity contribution >= 4 is 6.09 Å². The van der Waals surface area contributed by atoms with E-state index in [2.05, 4.69) is 0 Å². The number of alkyl halides is 2. The van der Waals surface area contributed by atoms with Crippen LogP contribution in [0.1, 0.15) is 44.4 Å². The van der Waals surface area contributed by atoms with Gasteiger partial charge in [-0.25, -0.2) is 13.6 Å². The van der Waals surface area contributed by atoms with Crippen LogP contribution in [0.15, 0.2) is 18.2 Å². The SMILES string of the molecule is CN(C(=O)OC(C)(C)C)[C@@H]1COc2cc(C(F)F)ccc21. The Labute approximate surface area is 122 Å². The zero-order chi connectivity index (χ0) is 15.8. The maximum Gasteiger partial charge on any atom is 0.410 e. The lowest BCUT2D eigenvalue weighted by atomic mass is 10.1. The molecule has 4 nitrogen and oxygen atoms in total. The van der Waals surface area contributed by atoms with Crippen LogP contribution in [0.4, 0.5) is 13.6 Å². The van der Waals surface area contributed by atoms with Gasteiger partial charge in [-0.2, -0.15) is 0 Å². The molecular formula is C15H19F2NO3. The number of hydrogen-bond acceptors (Lipinski definition) is 3. The molecule has 1 aliphatic heterocycles. The van der Waals surface area contributed by atoms with Crippen molar-refractivity contribution in [1.82, 2.24) is 4.90 Å². The van der Waals surface area contributed by atoms with Crippen molar-refractivity contribution in [3.63, 3.8) is 0 Å². The highest BCUT2D eigenvalue weighted by Crippen LogP contribution is 2.38. The minimum Gasteiger partial charge on any atom is -0.491 e.